The first-order chi connectivity index (χ1) is 12.5. The van der Waals surface area contributed by atoms with Crippen LogP contribution in [0.4, 0.5) is 0 Å². The molecule has 2 heterocycles. The van der Waals surface area contributed by atoms with Crippen LogP contribution in [0.5, 0.6) is 0 Å². The van der Waals surface area contributed by atoms with Crippen molar-refractivity contribution in [1.82, 2.24) is 20.2 Å². The number of hydrogen-bond donors (Lipinski definition) is 3. The largest absolute Gasteiger partial charge is 0.366 e. The molecule has 0 saturated carbocycles. The predicted molar refractivity (Wildman–Crippen MR) is 98.7 cm³/mol. The van der Waals surface area contributed by atoms with Crippen LogP contribution in [0.15, 0.2) is 29.1 Å². The van der Waals surface area contributed by atoms with E-state index in [2.05, 4.69) is 20.2 Å². The summed E-state index contributed by atoms with van der Waals surface area (Å²) < 4.78 is 5.58. The molecule has 1 aliphatic heterocycles. The minimum absolute atomic E-state index is 0.0508. The lowest BCUT2D eigenvalue weighted by Gasteiger charge is -2.31. The fourth-order valence-corrected chi connectivity index (χ4v) is 2.96. The van der Waals surface area contributed by atoms with Crippen molar-refractivity contribution in [1.29, 1.82) is 0 Å². The molecule has 0 aliphatic carbocycles. The highest BCUT2D eigenvalue weighted by Crippen LogP contribution is 2.10. The number of ether oxygens (including phenoxy) is 1. The minimum Gasteiger partial charge on any atom is -0.366 e. The number of nitrogens with two attached hydrogens (primary N) is 1. The Bertz CT molecular complexity index is 820. The number of nitrogens with one attached hydrogen (secondary N) is 2. The highest BCUT2D eigenvalue weighted by molar-refractivity contribution is 5.81. The molecule has 8 heteroatoms. The quantitative estimate of drug-likeness (QED) is 0.668. The molecule has 3 rings (SSSR count). The number of nitrogens with zero attached hydrogens (tertiary/aromatic N) is 2. The predicted octanol–water partition coefficient (Wildman–Crippen LogP) is -0.0226. The van der Waals surface area contributed by atoms with Crippen molar-refractivity contribution in [3.8, 4) is 0 Å². The van der Waals surface area contributed by atoms with Gasteiger partial charge in [0.25, 0.3) is 5.56 Å². The monoisotopic (exact) mass is 359 g/mol. The summed E-state index contributed by atoms with van der Waals surface area (Å²) in [6.07, 6.45) is 0.203. The number of benzene rings is 1. The van der Waals surface area contributed by atoms with Gasteiger partial charge in [-0.05, 0) is 25.5 Å². The Labute approximate surface area is 151 Å². The lowest BCUT2D eigenvalue weighted by Crippen LogP contribution is -2.50. The van der Waals surface area contributed by atoms with Gasteiger partial charge in [0.1, 0.15) is 11.9 Å². The first-order valence-corrected chi connectivity index (χ1v) is 8.88. The number of rotatable bonds is 6. The van der Waals surface area contributed by atoms with Crippen LogP contribution in [0.3, 0.4) is 0 Å². The first kappa shape index (κ1) is 18.5. The molecule has 1 amide bonds. The van der Waals surface area contributed by atoms with E-state index in [9.17, 15) is 9.59 Å². The van der Waals surface area contributed by atoms with Crippen molar-refractivity contribution in [3.05, 3.63) is 40.4 Å². The van der Waals surface area contributed by atoms with Crippen molar-refractivity contribution < 1.29 is 9.53 Å². The second-order valence-corrected chi connectivity index (χ2v) is 6.68. The third-order valence-corrected chi connectivity index (χ3v) is 4.38. The molecule has 140 valence electrons. The Morgan fingerprint density at radius 2 is 2.31 bits per heavy atom. The summed E-state index contributed by atoms with van der Waals surface area (Å²) in [6, 6.07) is 7.30. The molecule has 1 fully saturated rings. The Morgan fingerprint density at radius 1 is 1.50 bits per heavy atom. The number of para-hydroxylation sites is 1. The van der Waals surface area contributed by atoms with Gasteiger partial charge in [-0.25, -0.2) is 4.98 Å². The summed E-state index contributed by atoms with van der Waals surface area (Å²) in [5.41, 5.74) is 6.21. The van der Waals surface area contributed by atoms with Gasteiger partial charge in [-0.15, -0.1) is 0 Å². The lowest BCUT2D eigenvalue weighted by molar-refractivity contribution is -0.138. The Kier molecular flexibility index (Phi) is 5.97. The van der Waals surface area contributed by atoms with E-state index in [-0.39, 0.29) is 17.5 Å². The Balaban J connectivity index is 1.61. The molecular weight excluding hydrogens is 334 g/mol. The summed E-state index contributed by atoms with van der Waals surface area (Å²) in [4.78, 5) is 33.8. The summed E-state index contributed by atoms with van der Waals surface area (Å²) in [6.45, 7) is 4.51. The lowest BCUT2D eigenvalue weighted by atomic mass is 10.2. The van der Waals surface area contributed by atoms with E-state index in [4.69, 9.17) is 10.5 Å². The van der Waals surface area contributed by atoms with Crippen LogP contribution in [0, 0.1) is 0 Å². The zero-order chi connectivity index (χ0) is 18.5. The molecule has 0 spiro atoms. The smallest absolute Gasteiger partial charge is 0.258 e. The number of amides is 1. The highest BCUT2D eigenvalue weighted by Gasteiger charge is 2.26. The number of hydrogen-bond acceptors (Lipinski definition) is 6. The van der Waals surface area contributed by atoms with Gasteiger partial charge >= 0.3 is 0 Å². The molecule has 2 atom stereocenters. The average molecular weight is 359 g/mol. The Hall–Kier alpha value is -2.29. The summed E-state index contributed by atoms with van der Waals surface area (Å²) >= 11 is 0. The summed E-state index contributed by atoms with van der Waals surface area (Å²) in [7, 11) is 0. The number of fused-ring (bicyclic) bond motifs is 1. The fourth-order valence-electron chi connectivity index (χ4n) is 2.96. The number of aromatic nitrogens is 2. The fraction of sp³-hybridized carbons (Fsp3) is 0.500. The third-order valence-electron chi connectivity index (χ3n) is 4.38. The second kappa shape index (κ2) is 8.39. The van der Waals surface area contributed by atoms with Crippen LogP contribution in [0.2, 0.25) is 0 Å². The molecular formula is C18H25N5O3. The molecule has 4 N–H and O–H groups in total. The maximum absolute atomic E-state index is 12.2. The van der Waals surface area contributed by atoms with Gasteiger partial charge in [-0.3, -0.25) is 14.5 Å². The molecule has 1 saturated heterocycles. The summed E-state index contributed by atoms with van der Waals surface area (Å²) in [5, 5.41) is 3.43. The first-order valence-electron chi connectivity index (χ1n) is 8.88. The molecule has 8 nitrogen and oxygen atoms in total. The standard InChI is InChI=1S/C18H25N5O3/c1-12(19)6-7-20-18(25)15-10-23(8-9-26-15)11-16-21-14-5-3-2-4-13(14)17(24)22-16/h2-5,12,15H,6-11,19H2,1H3,(H,20,25)(H,21,22,24). The maximum Gasteiger partial charge on any atom is 0.258 e. The van der Waals surface area contributed by atoms with Crippen LogP contribution >= 0.6 is 0 Å². The van der Waals surface area contributed by atoms with Crippen molar-refractivity contribution in [3.63, 3.8) is 0 Å². The van der Waals surface area contributed by atoms with Crippen molar-refractivity contribution in [2.24, 2.45) is 5.73 Å². The van der Waals surface area contributed by atoms with Crippen LogP contribution in [0.1, 0.15) is 19.2 Å². The van der Waals surface area contributed by atoms with E-state index >= 15 is 0 Å². The molecule has 2 aromatic rings. The van der Waals surface area contributed by atoms with Gasteiger partial charge < -0.3 is 20.8 Å². The van der Waals surface area contributed by atoms with E-state index in [1.54, 1.807) is 6.07 Å². The SMILES string of the molecule is CC(N)CCNC(=O)C1CN(Cc2nc3ccccc3c(=O)[nH]2)CCO1. The van der Waals surface area contributed by atoms with Gasteiger partial charge in [0.2, 0.25) is 5.91 Å². The van der Waals surface area contributed by atoms with Gasteiger partial charge in [-0.2, -0.15) is 0 Å². The van der Waals surface area contributed by atoms with E-state index < -0.39 is 6.10 Å². The molecule has 26 heavy (non-hydrogen) atoms. The number of carbonyl (C=O) groups excluding carboxylic acids is 1. The van der Waals surface area contributed by atoms with E-state index in [1.807, 2.05) is 25.1 Å². The normalized spacial score (nSPS) is 19.4. The molecule has 1 aliphatic rings. The number of aromatic amines is 1. The van der Waals surface area contributed by atoms with Gasteiger partial charge in [0.15, 0.2) is 0 Å². The summed E-state index contributed by atoms with van der Waals surface area (Å²) in [5.74, 6) is 0.460. The molecule has 2 unspecified atom stereocenters. The van der Waals surface area contributed by atoms with Gasteiger partial charge in [-0.1, -0.05) is 12.1 Å². The van der Waals surface area contributed by atoms with Gasteiger partial charge in [0.05, 0.1) is 24.1 Å². The Morgan fingerprint density at radius 3 is 3.12 bits per heavy atom. The third kappa shape index (κ3) is 4.66. The minimum atomic E-state index is -0.524. The number of H-pyrrole nitrogens is 1. The molecule has 0 radical (unpaired) electrons. The highest BCUT2D eigenvalue weighted by atomic mass is 16.5. The molecule has 1 aromatic heterocycles. The van der Waals surface area contributed by atoms with Crippen LogP contribution in [-0.2, 0) is 16.1 Å². The van der Waals surface area contributed by atoms with Crippen molar-refractivity contribution in [2.75, 3.05) is 26.2 Å². The topological polar surface area (TPSA) is 113 Å². The average Bonchev–Trinajstić information content (AvgIpc) is 2.61. The maximum atomic E-state index is 12.2. The van der Waals surface area contributed by atoms with Crippen LogP contribution in [0.25, 0.3) is 10.9 Å². The van der Waals surface area contributed by atoms with Crippen molar-refractivity contribution in [2.45, 2.75) is 32.0 Å². The van der Waals surface area contributed by atoms with Crippen LogP contribution < -0.4 is 16.6 Å². The van der Waals surface area contributed by atoms with Crippen LogP contribution in [-0.4, -0.2) is 59.2 Å². The number of carbonyl (C=O) groups is 1. The van der Waals surface area contributed by atoms with E-state index in [0.29, 0.717) is 49.5 Å². The number of morpholine rings is 1. The second-order valence-electron chi connectivity index (χ2n) is 6.68. The molecule has 1 aromatic carbocycles. The zero-order valence-electron chi connectivity index (χ0n) is 14.9. The van der Waals surface area contributed by atoms with E-state index in [0.717, 1.165) is 6.42 Å². The zero-order valence-corrected chi connectivity index (χ0v) is 14.9. The van der Waals surface area contributed by atoms with Gasteiger partial charge in [0, 0.05) is 25.7 Å². The van der Waals surface area contributed by atoms with E-state index in [1.165, 1.54) is 0 Å². The van der Waals surface area contributed by atoms with Crippen molar-refractivity contribution >= 4 is 16.8 Å². The molecule has 0 bridgehead atoms.